The number of carboxylic acid groups (broad SMARTS) is 1. The highest BCUT2D eigenvalue weighted by molar-refractivity contribution is 7.21. The van der Waals surface area contributed by atoms with Gasteiger partial charge in [-0.05, 0) is 38.0 Å². The van der Waals surface area contributed by atoms with Crippen molar-refractivity contribution in [1.82, 2.24) is 19.7 Å². The number of nitrogens with zero attached hydrogens (tertiary/aromatic N) is 3. The molecule has 0 spiro atoms. The Morgan fingerprint density at radius 3 is 2.77 bits per heavy atom. The fraction of sp³-hybridized carbons (Fsp3) is 0.364. The highest BCUT2D eigenvalue weighted by Gasteiger charge is 2.24. The van der Waals surface area contributed by atoms with E-state index < -0.39 is 6.09 Å². The average molecular weight is 441 g/mol. The number of aromatic nitrogens is 3. The minimum atomic E-state index is -0.842. The van der Waals surface area contributed by atoms with Gasteiger partial charge in [-0.25, -0.2) is 4.79 Å². The van der Waals surface area contributed by atoms with E-state index in [1.54, 1.807) is 18.4 Å². The summed E-state index contributed by atoms with van der Waals surface area (Å²) in [5.74, 6) is 0.772. The average Bonchev–Trinajstić information content (AvgIpc) is 3.43. The van der Waals surface area contributed by atoms with Crippen LogP contribution in [0.1, 0.15) is 24.6 Å². The van der Waals surface area contributed by atoms with Crippen LogP contribution < -0.4 is 4.74 Å². The van der Waals surface area contributed by atoms with Crippen molar-refractivity contribution in [2.45, 2.75) is 25.8 Å². The molecule has 162 valence electrons. The quantitative estimate of drug-likeness (QED) is 0.433. The Morgan fingerprint density at radius 1 is 1.26 bits per heavy atom. The van der Waals surface area contributed by atoms with Gasteiger partial charge >= 0.3 is 6.09 Å². The number of H-pyrrole nitrogens is 1. The van der Waals surface area contributed by atoms with E-state index in [-0.39, 0.29) is 12.8 Å². The molecule has 31 heavy (non-hydrogen) atoms. The van der Waals surface area contributed by atoms with Crippen molar-refractivity contribution < 1.29 is 19.4 Å². The molecule has 0 unspecified atom stereocenters. The van der Waals surface area contributed by atoms with Gasteiger partial charge in [-0.2, -0.15) is 5.10 Å². The molecule has 1 aromatic carbocycles. The number of piperidine rings is 1. The molecule has 8 nitrogen and oxygen atoms in total. The van der Waals surface area contributed by atoms with Crippen molar-refractivity contribution in [1.29, 1.82) is 0 Å². The summed E-state index contributed by atoms with van der Waals surface area (Å²) in [6.45, 7) is 3.32. The molecule has 0 aliphatic carbocycles. The summed E-state index contributed by atoms with van der Waals surface area (Å²) >= 11 is 1.64. The summed E-state index contributed by atoms with van der Waals surface area (Å²) in [6, 6.07) is 8.67. The van der Waals surface area contributed by atoms with Gasteiger partial charge in [0.1, 0.15) is 10.6 Å². The second-order valence-corrected chi connectivity index (χ2v) is 8.95. The molecule has 1 saturated heterocycles. The van der Waals surface area contributed by atoms with Gasteiger partial charge in [0.05, 0.1) is 6.04 Å². The van der Waals surface area contributed by atoms with Gasteiger partial charge in [0.15, 0.2) is 6.79 Å². The first-order valence-corrected chi connectivity index (χ1v) is 11.1. The van der Waals surface area contributed by atoms with E-state index in [4.69, 9.17) is 19.7 Å². The molecule has 1 aliphatic rings. The van der Waals surface area contributed by atoms with Crippen molar-refractivity contribution in [2.75, 3.05) is 27.0 Å². The maximum absolute atomic E-state index is 11.1. The van der Waals surface area contributed by atoms with Gasteiger partial charge < -0.3 is 24.5 Å². The van der Waals surface area contributed by atoms with E-state index in [0.29, 0.717) is 13.1 Å². The van der Waals surface area contributed by atoms with E-state index in [1.807, 2.05) is 17.7 Å². The molecular formula is C22H24N4O4S. The normalized spacial score (nSPS) is 15.2. The van der Waals surface area contributed by atoms with Crippen LogP contribution in [0, 0.1) is 6.92 Å². The Bertz CT molecular complexity index is 1220. The Labute approximate surface area is 183 Å². The number of rotatable bonds is 5. The van der Waals surface area contributed by atoms with Crippen molar-refractivity contribution in [3.63, 3.8) is 0 Å². The second-order valence-electron chi connectivity index (χ2n) is 7.92. The number of fused-ring (bicyclic) bond motifs is 2. The predicted octanol–water partition coefficient (Wildman–Crippen LogP) is 4.85. The van der Waals surface area contributed by atoms with Gasteiger partial charge in [-0.1, -0.05) is 0 Å². The standard InChI is InChI=1S/C22H24N4O4S/c1-13-7-14-8-17(19(30-12-29-2)10-18(14)23-13)20-9-15-11-26(24-21(15)31-20)16-3-5-25(6-4-16)22(27)28/h7-11,16,23H,3-6,12H2,1-2H3,(H,27,28). The van der Waals surface area contributed by atoms with Crippen LogP contribution in [0.4, 0.5) is 4.79 Å². The summed E-state index contributed by atoms with van der Waals surface area (Å²) in [7, 11) is 1.61. The molecule has 1 amide bonds. The molecule has 1 fully saturated rings. The molecule has 5 rings (SSSR count). The number of nitrogens with one attached hydrogen (secondary N) is 1. The predicted molar refractivity (Wildman–Crippen MR) is 120 cm³/mol. The Morgan fingerprint density at radius 2 is 2.06 bits per heavy atom. The maximum atomic E-state index is 11.1. The smallest absolute Gasteiger partial charge is 0.407 e. The topological polar surface area (TPSA) is 92.6 Å². The number of hydrogen-bond donors (Lipinski definition) is 2. The van der Waals surface area contributed by atoms with E-state index >= 15 is 0 Å². The third-order valence-corrected chi connectivity index (χ3v) is 6.85. The van der Waals surface area contributed by atoms with Crippen LogP contribution in [-0.4, -0.2) is 57.9 Å². The number of thiophene rings is 1. The van der Waals surface area contributed by atoms with Crippen LogP contribution in [0.15, 0.2) is 30.5 Å². The largest absolute Gasteiger partial charge is 0.467 e. The number of benzene rings is 1. The monoisotopic (exact) mass is 440 g/mol. The molecule has 2 N–H and O–H groups in total. The maximum Gasteiger partial charge on any atom is 0.407 e. The number of amides is 1. The van der Waals surface area contributed by atoms with Crippen LogP contribution in [-0.2, 0) is 4.74 Å². The lowest BCUT2D eigenvalue weighted by Crippen LogP contribution is -2.38. The molecule has 0 saturated carbocycles. The molecule has 0 bridgehead atoms. The third-order valence-electron chi connectivity index (χ3n) is 5.78. The summed E-state index contributed by atoms with van der Waals surface area (Å²) in [4.78, 5) is 18.0. The van der Waals surface area contributed by atoms with Crippen molar-refractivity contribution in [3.05, 3.63) is 36.2 Å². The first-order chi connectivity index (χ1) is 15.0. The number of hydrogen-bond acceptors (Lipinski definition) is 5. The number of ether oxygens (including phenoxy) is 2. The zero-order chi connectivity index (χ0) is 21.5. The number of aryl methyl sites for hydroxylation is 1. The van der Waals surface area contributed by atoms with Crippen LogP contribution in [0.25, 0.3) is 31.6 Å². The van der Waals surface area contributed by atoms with Gasteiger partial charge in [0, 0.05) is 64.9 Å². The lowest BCUT2D eigenvalue weighted by Gasteiger charge is -2.29. The molecule has 9 heteroatoms. The molecule has 3 aromatic heterocycles. The van der Waals surface area contributed by atoms with Crippen LogP contribution in [0.2, 0.25) is 0 Å². The molecular weight excluding hydrogens is 416 g/mol. The third kappa shape index (κ3) is 3.75. The van der Waals surface area contributed by atoms with Crippen LogP contribution in [0.5, 0.6) is 5.75 Å². The second kappa shape index (κ2) is 7.90. The highest BCUT2D eigenvalue weighted by Crippen LogP contribution is 2.40. The van der Waals surface area contributed by atoms with Crippen molar-refractivity contribution >= 4 is 38.5 Å². The summed E-state index contributed by atoms with van der Waals surface area (Å²) in [5, 5.41) is 16.2. The van der Waals surface area contributed by atoms with Crippen molar-refractivity contribution in [2.24, 2.45) is 0 Å². The van der Waals surface area contributed by atoms with E-state index in [2.05, 4.69) is 29.4 Å². The molecule has 4 aromatic rings. The Balaban J connectivity index is 1.45. The molecule has 4 heterocycles. The van der Waals surface area contributed by atoms with Gasteiger partial charge in [-0.15, -0.1) is 11.3 Å². The fourth-order valence-corrected chi connectivity index (χ4v) is 5.25. The SMILES string of the molecule is COCOc1cc2[nH]c(C)cc2cc1-c1cc2cn(C3CCN(C(=O)O)CC3)nc2s1. The summed E-state index contributed by atoms with van der Waals surface area (Å²) in [5.41, 5.74) is 3.16. The first kappa shape index (κ1) is 19.9. The molecule has 0 atom stereocenters. The number of carbonyl (C=O) groups is 1. The van der Waals surface area contributed by atoms with E-state index in [1.165, 1.54) is 4.90 Å². The zero-order valence-corrected chi connectivity index (χ0v) is 18.2. The number of aromatic amines is 1. The fourth-order valence-electron chi connectivity index (χ4n) is 4.22. The first-order valence-electron chi connectivity index (χ1n) is 10.2. The molecule has 0 radical (unpaired) electrons. The van der Waals surface area contributed by atoms with Gasteiger partial charge in [-0.3, -0.25) is 4.68 Å². The summed E-state index contributed by atoms with van der Waals surface area (Å²) in [6.07, 6.45) is 2.80. The zero-order valence-electron chi connectivity index (χ0n) is 17.4. The lowest BCUT2D eigenvalue weighted by atomic mass is 10.1. The van der Waals surface area contributed by atoms with Crippen LogP contribution in [0.3, 0.4) is 0 Å². The van der Waals surface area contributed by atoms with Gasteiger partial charge in [0.2, 0.25) is 0 Å². The van der Waals surface area contributed by atoms with E-state index in [0.717, 1.165) is 55.8 Å². The Hall–Kier alpha value is -3.04. The van der Waals surface area contributed by atoms with E-state index in [9.17, 15) is 4.79 Å². The van der Waals surface area contributed by atoms with Gasteiger partial charge in [0.25, 0.3) is 0 Å². The molecule has 1 aliphatic heterocycles. The Kier molecular flexibility index (Phi) is 5.07. The lowest BCUT2D eigenvalue weighted by molar-refractivity contribution is 0.0516. The highest BCUT2D eigenvalue weighted by atomic mass is 32.1. The number of methoxy groups -OCH3 is 1. The van der Waals surface area contributed by atoms with Crippen molar-refractivity contribution in [3.8, 4) is 16.2 Å². The number of likely N-dealkylation sites (tertiary alicyclic amines) is 1. The minimum absolute atomic E-state index is 0.183. The summed E-state index contributed by atoms with van der Waals surface area (Å²) < 4.78 is 13.0. The van der Waals surface area contributed by atoms with Crippen LogP contribution >= 0.6 is 11.3 Å². The minimum Gasteiger partial charge on any atom is -0.467 e.